The van der Waals surface area contributed by atoms with E-state index in [0.717, 1.165) is 15.3 Å². The van der Waals surface area contributed by atoms with Gasteiger partial charge in [0.05, 0.1) is 15.9 Å². The number of hydrogen-bond acceptors (Lipinski definition) is 4. The molecule has 0 saturated heterocycles. The average Bonchev–Trinajstić information content (AvgIpc) is 2.98. The van der Waals surface area contributed by atoms with Gasteiger partial charge in [0.25, 0.3) is 5.91 Å². The normalized spacial score (nSPS) is 11.8. The van der Waals surface area contributed by atoms with Crippen molar-refractivity contribution < 1.29 is 13.2 Å². The van der Waals surface area contributed by atoms with Crippen LogP contribution in [0.25, 0.3) is 11.0 Å². The highest BCUT2D eigenvalue weighted by molar-refractivity contribution is 7.89. The zero-order valence-electron chi connectivity index (χ0n) is 13.2. The van der Waals surface area contributed by atoms with E-state index in [1.165, 1.54) is 49.4 Å². The first-order valence-corrected chi connectivity index (χ1v) is 8.59. The number of aromatic nitrogens is 2. The van der Waals surface area contributed by atoms with Crippen molar-refractivity contribution in [2.45, 2.75) is 4.90 Å². The predicted molar refractivity (Wildman–Crippen MR) is 90.7 cm³/mol. The molecule has 24 heavy (non-hydrogen) atoms. The van der Waals surface area contributed by atoms with Crippen molar-refractivity contribution in [3.63, 3.8) is 0 Å². The van der Waals surface area contributed by atoms with Crippen molar-refractivity contribution in [3.8, 4) is 0 Å². The lowest BCUT2D eigenvalue weighted by Crippen LogP contribution is -2.23. The van der Waals surface area contributed by atoms with E-state index in [9.17, 15) is 13.2 Å². The number of imidazole rings is 1. The first-order valence-electron chi connectivity index (χ1n) is 7.15. The number of amides is 1. The van der Waals surface area contributed by atoms with Gasteiger partial charge in [-0.15, -0.1) is 0 Å². The summed E-state index contributed by atoms with van der Waals surface area (Å²) in [5.74, 6) is -0.355. The first kappa shape index (κ1) is 16.2. The first-order chi connectivity index (χ1) is 11.4. The minimum absolute atomic E-state index is 0.136. The van der Waals surface area contributed by atoms with Crippen LogP contribution in [-0.4, -0.2) is 42.4 Å². The van der Waals surface area contributed by atoms with Crippen LogP contribution in [0.4, 0.5) is 0 Å². The number of nitrogens with one attached hydrogen (secondary N) is 1. The molecule has 2 aromatic carbocycles. The second kappa shape index (κ2) is 6.06. The lowest BCUT2D eigenvalue weighted by molar-refractivity contribution is 0.101. The van der Waals surface area contributed by atoms with Gasteiger partial charge in [-0.3, -0.25) is 10.2 Å². The van der Waals surface area contributed by atoms with Gasteiger partial charge in [0.2, 0.25) is 10.0 Å². The number of rotatable bonds is 4. The zero-order chi connectivity index (χ0) is 17.3. The third-order valence-corrected chi connectivity index (χ3v) is 5.40. The van der Waals surface area contributed by atoms with E-state index >= 15 is 0 Å². The Labute approximate surface area is 139 Å². The summed E-state index contributed by atoms with van der Waals surface area (Å²) >= 11 is 0. The lowest BCUT2D eigenvalue weighted by atomic mass is 10.2. The molecule has 3 aromatic rings. The Kier molecular flexibility index (Phi) is 4.08. The van der Waals surface area contributed by atoms with Crippen LogP contribution in [-0.2, 0) is 10.0 Å². The largest absolute Gasteiger partial charge is 0.270 e. The predicted octanol–water partition coefficient (Wildman–Crippen LogP) is 1.67. The molecule has 0 spiro atoms. The van der Waals surface area contributed by atoms with Gasteiger partial charge in [0, 0.05) is 19.7 Å². The molecule has 124 valence electrons. The fourth-order valence-corrected chi connectivity index (χ4v) is 3.11. The number of carbonyl (C=O) groups excluding carboxylic acids is 1. The highest BCUT2D eigenvalue weighted by Gasteiger charge is 2.17. The maximum absolute atomic E-state index is 12.3. The van der Waals surface area contributed by atoms with E-state index in [2.05, 4.69) is 10.4 Å². The van der Waals surface area contributed by atoms with E-state index in [4.69, 9.17) is 0 Å². The molecule has 0 unspecified atom stereocenters. The summed E-state index contributed by atoms with van der Waals surface area (Å²) in [6.07, 6.45) is 1.52. The topological polar surface area (TPSA) is 84.3 Å². The number of para-hydroxylation sites is 2. The summed E-state index contributed by atoms with van der Waals surface area (Å²) in [7, 11) is -0.595. The van der Waals surface area contributed by atoms with E-state index in [-0.39, 0.29) is 10.8 Å². The second-order valence-electron chi connectivity index (χ2n) is 5.36. The number of carbonyl (C=O) groups is 1. The van der Waals surface area contributed by atoms with Crippen LogP contribution in [0.1, 0.15) is 10.4 Å². The molecule has 1 amide bonds. The molecule has 1 N–H and O–H groups in total. The van der Waals surface area contributed by atoms with Crippen molar-refractivity contribution in [1.29, 1.82) is 0 Å². The molecule has 0 aliphatic heterocycles. The molecule has 8 heteroatoms. The molecule has 0 atom stereocenters. The minimum atomic E-state index is -3.51. The van der Waals surface area contributed by atoms with Gasteiger partial charge >= 0.3 is 0 Å². The van der Waals surface area contributed by atoms with Crippen molar-refractivity contribution in [2.75, 3.05) is 19.5 Å². The Morgan fingerprint density at radius 3 is 2.42 bits per heavy atom. The van der Waals surface area contributed by atoms with E-state index < -0.39 is 10.0 Å². The van der Waals surface area contributed by atoms with Crippen molar-refractivity contribution >= 4 is 27.0 Å². The van der Waals surface area contributed by atoms with Crippen LogP contribution >= 0.6 is 0 Å². The van der Waals surface area contributed by atoms with Crippen LogP contribution in [0.2, 0.25) is 0 Å². The summed E-state index contributed by atoms with van der Waals surface area (Å²) in [6, 6.07) is 13.2. The number of fused-ring (bicyclic) bond motifs is 1. The smallest absolute Gasteiger partial charge is 0.267 e. The third-order valence-electron chi connectivity index (χ3n) is 3.57. The second-order valence-corrected chi connectivity index (χ2v) is 7.51. The van der Waals surface area contributed by atoms with Gasteiger partial charge in [-0.25, -0.2) is 22.4 Å². The van der Waals surface area contributed by atoms with Gasteiger partial charge in [0.1, 0.15) is 6.33 Å². The number of nitrogens with zero attached hydrogens (tertiary/aromatic N) is 3. The van der Waals surface area contributed by atoms with Gasteiger partial charge in [-0.1, -0.05) is 12.1 Å². The molecule has 0 fully saturated rings. The molecular formula is C16H16N4O3S. The number of benzene rings is 2. The molecule has 0 bridgehead atoms. The summed E-state index contributed by atoms with van der Waals surface area (Å²) < 4.78 is 26.7. The fraction of sp³-hybridized carbons (Fsp3) is 0.125. The molecular weight excluding hydrogens is 328 g/mol. The van der Waals surface area contributed by atoms with Gasteiger partial charge in [0.15, 0.2) is 0 Å². The summed E-state index contributed by atoms with van der Waals surface area (Å²) in [6.45, 7) is 0. The van der Waals surface area contributed by atoms with Crippen LogP contribution in [0.5, 0.6) is 0 Å². The molecule has 0 saturated carbocycles. The number of hydrogen-bond donors (Lipinski definition) is 1. The van der Waals surface area contributed by atoms with E-state index in [1.807, 2.05) is 24.3 Å². The monoisotopic (exact) mass is 344 g/mol. The van der Waals surface area contributed by atoms with E-state index in [0.29, 0.717) is 5.56 Å². The quantitative estimate of drug-likeness (QED) is 0.780. The molecule has 0 aliphatic rings. The minimum Gasteiger partial charge on any atom is -0.267 e. The van der Waals surface area contributed by atoms with Crippen molar-refractivity contribution in [3.05, 3.63) is 60.4 Å². The Morgan fingerprint density at radius 2 is 1.75 bits per heavy atom. The van der Waals surface area contributed by atoms with Gasteiger partial charge in [-0.05, 0) is 36.4 Å². The van der Waals surface area contributed by atoms with Crippen molar-refractivity contribution in [1.82, 2.24) is 14.0 Å². The molecule has 0 aliphatic carbocycles. The van der Waals surface area contributed by atoms with Crippen LogP contribution in [0.15, 0.2) is 59.8 Å². The lowest BCUT2D eigenvalue weighted by Gasteiger charge is -2.12. The average molecular weight is 344 g/mol. The zero-order valence-corrected chi connectivity index (χ0v) is 14.0. The summed E-state index contributed by atoms with van der Waals surface area (Å²) in [5.41, 5.74) is 4.61. The maximum atomic E-state index is 12.3. The summed E-state index contributed by atoms with van der Waals surface area (Å²) in [5, 5.41) is 0. The Hall–Kier alpha value is -2.71. The molecule has 3 rings (SSSR count). The molecule has 0 radical (unpaired) electrons. The summed E-state index contributed by atoms with van der Waals surface area (Å²) in [4.78, 5) is 16.7. The fourth-order valence-electron chi connectivity index (χ4n) is 2.21. The van der Waals surface area contributed by atoms with Crippen molar-refractivity contribution in [2.24, 2.45) is 0 Å². The Morgan fingerprint density at radius 1 is 1.08 bits per heavy atom. The van der Waals surface area contributed by atoms with Gasteiger partial charge in [-0.2, -0.15) is 0 Å². The molecule has 1 heterocycles. The molecule has 7 nitrogen and oxygen atoms in total. The van der Waals surface area contributed by atoms with Crippen LogP contribution in [0, 0.1) is 0 Å². The molecule has 1 aromatic heterocycles. The number of sulfonamides is 1. The Balaban J connectivity index is 1.83. The van der Waals surface area contributed by atoms with Gasteiger partial charge < -0.3 is 0 Å². The Bertz CT molecular complexity index is 992. The maximum Gasteiger partial charge on any atom is 0.270 e. The SMILES string of the molecule is CN(C)S(=O)(=O)c1ccc(C(=O)Nn2cnc3ccccc32)cc1. The van der Waals surface area contributed by atoms with Crippen LogP contribution < -0.4 is 5.43 Å². The highest BCUT2D eigenvalue weighted by Crippen LogP contribution is 2.15. The van der Waals surface area contributed by atoms with E-state index in [1.54, 1.807) is 0 Å². The van der Waals surface area contributed by atoms with Crippen LogP contribution in [0.3, 0.4) is 0 Å². The standard InChI is InChI=1S/C16H16N4O3S/c1-19(2)24(22,23)13-9-7-12(8-10-13)16(21)18-20-11-17-14-5-3-4-6-15(14)20/h3-11H,1-2H3,(H,18,21). The third kappa shape index (κ3) is 2.89. The highest BCUT2D eigenvalue weighted by atomic mass is 32.2.